The van der Waals surface area contributed by atoms with E-state index in [0.717, 1.165) is 38.5 Å². The molecule has 1 saturated carbocycles. The van der Waals surface area contributed by atoms with E-state index in [0.29, 0.717) is 17.8 Å². The predicted octanol–water partition coefficient (Wildman–Crippen LogP) is 4.03. The Morgan fingerprint density at radius 2 is 1.72 bits per heavy atom. The molecule has 0 aromatic heterocycles. The van der Waals surface area contributed by atoms with Crippen molar-refractivity contribution < 1.29 is 18.0 Å². The lowest BCUT2D eigenvalue weighted by atomic mass is 9.96. The fraction of sp³-hybridized carbons (Fsp3) is 0.417. The molecule has 0 heterocycles. The van der Waals surface area contributed by atoms with E-state index in [1.165, 1.54) is 16.4 Å². The van der Waals surface area contributed by atoms with Crippen LogP contribution in [0.5, 0.6) is 0 Å². The molecular formula is C24H31N3O4S. The first kappa shape index (κ1) is 23.9. The Morgan fingerprint density at radius 1 is 1.00 bits per heavy atom. The van der Waals surface area contributed by atoms with Gasteiger partial charge in [-0.1, -0.05) is 44.4 Å². The van der Waals surface area contributed by atoms with E-state index >= 15 is 0 Å². The van der Waals surface area contributed by atoms with Crippen molar-refractivity contribution in [2.24, 2.45) is 0 Å². The van der Waals surface area contributed by atoms with E-state index < -0.39 is 15.9 Å². The number of hydrogen-bond acceptors (Lipinski definition) is 4. The number of para-hydroxylation sites is 1. The second kappa shape index (κ2) is 10.7. The molecule has 3 rings (SSSR count). The van der Waals surface area contributed by atoms with E-state index in [1.807, 2.05) is 6.92 Å². The number of rotatable bonds is 8. The SMILES string of the molecule is CCCNC(=O)c1ccccc1NC(=O)c1cccc(S(=O)(=O)N(C)C2CCCCC2)c1. The molecule has 0 atom stereocenters. The van der Waals surface area contributed by atoms with Crippen LogP contribution in [0.3, 0.4) is 0 Å². The highest BCUT2D eigenvalue weighted by Crippen LogP contribution is 2.27. The van der Waals surface area contributed by atoms with Gasteiger partial charge in [0.05, 0.1) is 16.1 Å². The topological polar surface area (TPSA) is 95.6 Å². The molecule has 172 valence electrons. The predicted molar refractivity (Wildman–Crippen MR) is 125 cm³/mol. The number of anilines is 1. The molecule has 2 N–H and O–H groups in total. The second-order valence-corrected chi connectivity index (χ2v) is 10.1. The quantitative estimate of drug-likeness (QED) is 0.626. The lowest BCUT2D eigenvalue weighted by Crippen LogP contribution is -2.38. The standard InChI is InChI=1S/C24H31N3O4S/c1-3-16-25-24(29)21-14-7-8-15-22(21)26-23(28)18-10-9-13-20(17-18)32(30,31)27(2)19-11-5-4-6-12-19/h7-10,13-15,17,19H,3-6,11-12,16H2,1-2H3,(H,25,29)(H,26,28). The average Bonchev–Trinajstić information content (AvgIpc) is 2.83. The van der Waals surface area contributed by atoms with Gasteiger partial charge in [-0.15, -0.1) is 0 Å². The molecule has 0 radical (unpaired) electrons. The highest BCUT2D eigenvalue weighted by atomic mass is 32.2. The fourth-order valence-electron chi connectivity index (χ4n) is 3.92. The molecule has 0 aliphatic heterocycles. The van der Waals surface area contributed by atoms with Gasteiger partial charge in [-0.25, -0.2) is 8.42 Å². The summed E-state index contributed by atoms with van der Waals surface area (Å²) in [6, 6.07) is 12.8. The molecule has 7 nitrogen and oxygen atoms in total. The minimum atomic E-state index is -3.71. The van der Waals surface area contributed by atoms with Gasteiger partial charge in [-0.2, -0.15) is 4.31 Å². The third kappa shape index (κ3) is 5.55. The van der Waals surface area contributed by atoms with Crippen molar-refractivity contribution in [3.8, 4) is 0 Å². The number of sulfonamides is 1. The number of carbonyl (C=O) groups excluding carboxylic acids is 2. The zero-order chi connectivity index (χ0) is 23.1. The zero-order valence-corrected chi connectivity index (χ0v) is 19.5. The van der Waals surface area contributed by atoms with Gasteiger partial charge in [0, 0.05) is 25.2 Å². The fourth-order valence-corrected chi connectivity index (χ4v) is 5.39. The molecule has 1 aliphatic rings. The van der Waals surface area contributed by atoms with Crippen LogP contribution in [0.25, 0.3) is 0 Å². The normalized spacial score (nSPS) is 14.8. The summed E-state index contributed by atoms with van der Waals surface area (Å²) in [5.41, 5.74) is 0.945. The third-order valence-electron chi connectivity index (χ3n) is 5.82. The molecule has 32 heavy (non-hydrogen) atoms. The maximum Gasteiger partial charge on any atom is 0.255 e. The molecule has 2 aromatic carbocycles. The minimum Gasteiger partial charge on any atom is -0.352 e. The molecule has 1 fully saturated rings. The maximum absolute atomic E-state index is 13.1. The van der Waals surface area contributed by atoms with Crippen LogP contribution in [0.1, 0.15) is 66.2 Å². The van der Waals surface area contributed by atoms with Crippen LogP contribution in [0.2, 0.25) is 0 Å². The number of hydrogen-bond donors (Lipinski definition) is 2. The van der Waals surface area contributed by atoms with Gasteiger partial charge in [-0.3, -0.25) is 9.59 Å². The third-order valence-corrected chi connectivity index (χ3v) is 7.72. The first-order valence-electron chi connectivity index (χ1n) is 11.1. The number of benzene rings is 2. The summed E-state index contributed by atoms with van der Waals surface area (Å²) in [6.07, 6.45) is 5.70. The Labute approximate surface area is 190 Å². The number of nitrogens with zero attached hydrogens (tertiary/aromatic N) is 1. The summed E-state index contributed by atoms with van der Waals surface area (Å²) in [5, 5.41) is 5.55. The molecule has 8 heteroatoms. The van der Waals surface area contributed by atoms with Gasteiger partial charge >= 0.3 is 0 Å². The van der Waals surface area contributed by atoms with Gasteiger partial charge in [0.25, 0.3) is 11.8 Å². The van der Waals surface area contributed by atoms with Gasteiger partial charge in [-0.05, 0) is 49.6 Å². The summed E-state index contributed by atoms with van der Waals surface area (Å²) < 4.78 is 27.7. The molecule has 1 aliphatic carbocycles. The summed E-state index contributed by atoms with van der Waals surface area (Å²) >= 11 is 0. The Kier molecular flexibility index (Phi) is 8.04. The smallest absolute Gasteiger partial charge is 0.255 e. The summed E-state index contributed by atoms with van der Waals surface area (Å²) in [4.78, 5) is 25.4. The zero-order valence-electron chi connectivity index (χ0n) is 18.6. The van der Waals surface area contributed by atoms with E-state index in [-0.39, 0.29) is 22.4 Å². The molecule has 0 bridgehead atoms. The Hall–Kier alpha value is -2.71. The number of amides is 2. The molecule has 0 unspecified atom stereocenters. The van der Waals surface area contributed by atoms with Crippen molar-refractivity contribution in [3.63, 3.8) is 0 Å². The van der Waals surface area contributed by atoms with Gasteiger partial charge in [0.15, 0.2) is 0 Å². The van der Waals surface area contributed by atoms with E-state index in [9.17, 15) is 18.0 Å². The van der Waals surface area contributed by atoms with Crippen LogP contribution in [-0.2, 0) is 10.0 Å². The largest absolute Gasteiger partial charge is 0.352 e. The maximum atomic E-state index is 13.1. The van der Waals surface area contributed by atoms with Crippen LogP contribution in [0.4, 0.5) is 5.69 Å². The van der Waals surface area contributed by atoms with Crippen molar-refractivity contribution in [3.05, 3.63) is 59.7 Å². The van der Waals surface area contributed by atoms with Crippen molar-refractivity contribution in [1.82, 2.24) is 9.62 Å². The highest BCUT2D eigenvalue weighted by Gasteiger charge is 2.29. The van der Waals surface area contributed by atoms with Crippen LogP contribution in [0.15, 0.2) is 53.4 Å². The van der Waals surface area contributed by atoms with Gasteiger partial charge < -0.3 is 10.6 Å². The lowest BCUT2D eigenvalue weighted by Gasteiger charge is -2.30. The molecule has 2 aromatic rings. The van der Waals surface area contributed by atoms with Crippen LogP contribution < -0.4 is 10.6 Å². The van der Waals surface area contributed by atoms with Crippen LogP contribution in [0, 0.1) is 0 Å². The molecule has 0 saturated heterocycles. The van der Waals surface area contributed by atoms with Crippen molar-refractivity contribution in [2.45, 2.75) is 56.4 Å². The Balaban J connectivity index is 1.80. The Morgan fingerprint density at radius 3 is 2.44 bits per heavy atom. The first-order valence-corrected chi connectivity index (χ1v) is 12.5. The average molecular weight is 458 g/mol. The van der Waals surface area contributed by atoms with Gasteiger partial charge in [0.1, 0.15) is 0 Å². The highest BCUT2D eigenvalue weighted by molar-refractivity contribution is 7.89. The number of nitrogens with one attached hydrogen (secondary N) is 2. The van der Waals surface area contributed by atoms with E-state index in [4.69, 9.17) is 0 Å². The minimum absolute atomic E-state index is 0.0141. The van der Waals surface area contributed by atoms with E-state index in [1.54, 1.807) is 43.4 Å². The van der Waals surface area contributed by atoms with E-state index in [2.05, 4.69) is 10.6 Å². The monoisotopic (exact) mass is 457 g/mol. The summed E-state index contributed by atoms with van der Waals surface area (Å²) in [5.74, 6) is -0.744. The molecular weight excluding hydrogens is 426 g/mol. The van der Waals surface area contributed by atoms with Crippen LogP contribution >= 0.6 is 0 Å². The number of carbonyl (C=O) groups is 2. The lowest BCUT2D eigenvalue weighted by molar-refractivity contribution is 0.0954. The summed E-state index contributed by atoms with van der Waals surface area (Å²) in [6.45, 7) is 2.50. The Bertz CT molecular complexity index is 1060. The first-order chi connectivity index (χ1) is 15.3. The van der Waals surface area contributed by atoms with Crippen molar-refractivity contribution >= 4 is 27.5 Å². The summed E-state index contributed by atoms with van der Waals surface area (Å²) in [7, 11) is -2.10. The second-order valence-electron chi connectivity index (χ2n) is 8.10. The van der Waals surface area contributed by atoms with Crippen molar-refractivity contribution in [2.75, 3.05) is 18.9 Å². The van der Waals surface area contributed by atoms with Gasteiger partial charge in [0.2, 0.25) is 10.0 Å². The van der Waals surface area contributed by atoms with Crippen molar-refractivity contribution in [1.29, 1.82) is 0 Å². The molecule has 0 spiro atoms. The molecule has 2 amide bonds. The van der Waals surface area contributed by atoms with Crippen LogP contribution in [-0.4, -0.2) is 44.2 Å².